The Kier molecular flexibility index (Phi) is 5.08. The molecular formula is C18H18BrN3O. The Morgan fingerprint density at radius 2 is 1.87 bits per heavy atom. The lowest BCUT2D eigenvalue weighted by Gasteiger charge is -2.09. The molecule has 0 aliphatic carbocycles. The molecule has 0 aromatic heterocycles. The number of aliphatic imine (C=N–C) groups is 1. The lowest BCUT2D eigenvalue weighted by molar-refractivity contribution is 0.0952. The van der Waals surface area contributed by atoms with Crippen LogP contribution in [-0.4, -0.2) is 24.8 Å². The molecule has 118 valence electrons. The molecule has 0 bridgehead atoms. The fraction of sp³-hybridized carbons (Fsp3) is 0.222. The zero-order valence-electron chi connectivity index (χ0n) is 12.7. The summed E-state index contributed by atoms with van der Waals surface area (Å²) in [4.78, 5) is 16.6. The highest BCUT2D eigenvalue weighted by molar-refractivity contribution is 9.10. The molecule has 5 heteroatoms. The number of carbonyl (C=O) groups is 1. The number of rotatable bonds is 5. The molecule has 3 rings (SSSR count). The van der Waals surface area contributed by atoms with Crippen LogP contribution in [0.4, 0.5) is 0 Å². The minimum Gasteiger partial charge on any atom is -0.370 e. The van der Waals surface area contributed by atoms with Gasteiger partial charge in [0.25, 0.3) is 5.91 Å². The maximum absolute atomic E-state index is 12.1. The Morgan fingerprint density at radius 1 is 1.09 bits per heavy atom. The van der Waals surface area contributed by atoms with Crippen LogP contribution in [0.2, 0.25) is 0 Å². The number of amides is 1. The smallest absolute Gasteiger partial charge is 0.252 e. The van der Waals surface area contributed by atoms with E-state index in [2.05, 4.69) is 43.7 Å². The molecule has 23 heavy (non-hydrogen) atoms. The second-order valence-corrected chi connectivity index (χ2v) is 6.19. The highest BCUT2D eigenvalue weighted by atomic mass is 79.9. The topological polar surface area (TPSA) is 53.5 Å². The second kappa shape index (κ2) is 7.42. The molecule has 1 heterocycles. The zero-order valence-corrected chi connectivity index (χ0v) is 14.3. The van der Waals surface area contributed by atoms with E-state index in [0.29, 0.717) is 12.1 Å². The summed E-state index contributed by atoms with van der Waals surface area (Å²) in [7, 11) is 0. The first-order valence-corrected chi connectivity index (χ1v) is 8.44. The lowest BCUT2D eigenvalue weighted by atomic mass is 10.1. The zero-order chi connectivity index (χ0) is 16.1. The highest BCUT2D eigenvalue weighted by Crippen LogP contribution is 2.17. The normalized spacial score (nSPS) is 12.5. The van der Waals surface area contributed by atoms with Crippen LogP contribution >= 0.6 is 15.9 Å². The summed E-state index contributed by atoms with van der Waals surface area (Å²) in [6.45, 7) is 2.16. The number of nitrogens with one attached hydrogen (secondary N) is 2. The Labute approximate surface area is 144 Å². The van der Waals surface area contributed by atoms with Crippen molar-refractivity contribution in [1.82, 2.24) is 10.6 Å². The number of benzene rings is 2. The summed E-state index contributed by atoms with van der Waals surface area (Å²) in [6, 6.07) is 15.7. The summed E-state index contributed by atoms with van der Waals surface area (Å²) < 4.78 is 0.813. The van der Waals surface area contributed by atoms with Gasteiger partial charge in [-0.05, 0) is 40.0 Å². The SMILES string of the molecule is O=C(NCCCNC1=NCc2ccccc21)c1ccccc1Br. The predicted molar refractivity (Wildman–Crippen MR) is 95.8 cm³/mol. The van der Waals surface area contributed by atoms with Crippen LogP contribution in [0.5, 0.6) is 0 Å². The van der Waals surface area contributed by atoms with E-state index >= 15 is 0 Å². The van der Waals surface area contributed by atoms with E-state index in [-0.39, 0.29) is 5.91 Å². The van der Waals surface area contributed by atoms with Crippen molar-refractivity contribution < 1.29 is 4.79 Å². The van der Waals surface area contributed by atoms with Gasteiger partial charge in [-0.3, -0.25) is 9.79 Å². The molecule has 2 N–H and O–H groups in total. The molecule has 0 saturated heterocycles. The van der Waals surface area contributed by atoms with Crippen molar-refractivity contribution in [2.75, 3.05) is 13.1 Å². The van der Waals surface area contributed by atoms with Gasteiger partial charge in [0.05, 0.1) is 12.1 Å². The molecule has 0 fully saturated rings. The van der Waals surface area contributed by atoms with Gasteiger partial charge in [0.15, 0.2) is 0 Å². The van der Waals surface area contributed by atoms with Crippen molar-refractivity contribution in [3.05, 3.63) is 69.7 Å². The Morgan fingerprint density at radius 3 is 2.74 bits per heavy atom. The molecule has 1 aliphatic heterocycles. The summed E-state index contributed by atoms with van der Waals surface area (Å²) in [5.41, 5.74) is 3.11. The van der Waals surface area contributed by atoms with Crippen molar-refractivity contribution >= 4 is 27.7 Å². The van der Waals surface area contributed by atoms with Gasteiger partial charge in [-0.1, -0.05) is 36.4 Å². The van der Waals surface area contributed by atoms with Gasteiger partial charge in [0.2, 0.25) is 0 Å². The first kappa shape index (κ1) is 15.7. The van der Waals surface area contributed by atoms with Crippen LogP contribution < -0.4 is 10.6 Å². The third-order valence-corrected chi connectivity index (χ3v) is 4.42. The molecule has 0 unspecified atom stereocenters. The number of fused-ring (bicyclic) bond motifs is 1. The number of nitrogens with zero attached hydrogens (tertiary/aromatic N) is 1. The number of hydrogen-bond acceptors (Lipinski definition) is 3. The average molecular weight is 372 g/mol. The van der Waals surface area contributed by atoms with Gasteiger partial charge in [0, 0.05) is 23.1 Å². The Balaban J connectivity index is 1.41. The fourth-order valence-corrected chi connectivity index (χ4v) is 2.99. The van der Waals surface area contributed by atoms with Crippen molar-refractivity contribution in [1.29, 1.82) is 0 Å². The molecule has 1 aliphatic rings. The first-order chi connectivity index (χ1) is 11.3. The van der Waals surface area contributed by atoms with Crippen molar-refractivity contribution in [2.24, 2.45) is 4.99 Å². The third kappa shape index (κ3) is 3.79. The highest BCUT2D eigenvalue weighted by Gasteiger charge is 2.14. The van der Waals surface area contributed by atoms with Gasteiger partial charge >= 0.3 is 0 Å². The van der Waals surface area contributed by atoms with E-state index in [9.17, 15) is 4.79 Å². The molecule has 0 atom stereocenters. The number of carbonyl (C=O) groups excluding carboxylic acids is 1. The van der Waals surface area contributed by atoms with Gasteiger partial charge in [0.1, 0.15) is 5.84 Å². The maximum atomic E-state index is 12.1. The van der Waals surface area contributed by atoms with Crippen LogP contribution in [0, 0.1) is 0 Å². The van der Waals surface area contributed by atoms with Crippen molar-refractivity contribution in [2.45, 2.75) is 13.0 Å². The molecule has 2 aromatic rings. The first-order valence-electron chi connectivity index (χ1n) is 7.65. The van der Waals surface area contributed by atoms with Crippen LogP contribution in [0.15, 0.2) is 58.0 Å². The molecule has 0 spiro atoms. The Bertz CT molecular complexity index is 743. The minimum atomic E-state index is -0.0546. The van der Waals surface area contributed by atoms with E-state index < -0.39 is 0 Å². The molecule has 0 radical (unpaired) electrons. The van der Waals surface area contributed by atoms with Crippen molar-refractivity contribution in [3.8, 4) is 0 Å². The maximum Gasteiger partial charge on any atom is 0.252 e. The number of amidine groups is 1. The molecular weight excluding hydrogens is 354 g/mol. The van der Waals surface area contributed by atoms with Crippen LogP contribution in [0.25, 0.3) is 0 Å². The van der Waals surface area contributed by atoms with E-state index in [1.807, 2.05) is 36.4 Å². The van der Waals surface area contributed by atoms with E-state index in [4.69, 9.17) is 0 Å². The number of hydrogen-bond donors (Lipinski definition) is 2. The monoisotopic (exact) mass is 371 g/mol. The second-order valence-electron chi connectivity index (χ2n) is 5.34. The summed E-state index contributed by atoms with van der Waals surface area (Å²) in [6.07, 6.45) is 0.845. The van der Waals surface area contributed by atoms with Gasteiger partial charge < -0.3 is 10.6 Å². The largest absolute Gasteiger partial charge is 0.370 e. The van der Waals surface area contributed by atoms with E-state index in [0.717, 1.165) is 29.8 Å². The minimum absolute atomic E-state index is 0.0546. The summed E-state index contributed by atoms with van der Waals surface area (Å²) in [5.74, 6) is 0.902. The summed E-state index contributed by atoms with van der Waals surface area (Å²) in [5, 5.41) is 6.29. The van der Waals surface area contributed by atoms with E-state index in [1.165, 1.54) is 11.1 Å². The van der Waals surface area contributed by atoms with E-state index in [1.54, 1.807) is 0 Å². The average Bonchev–Trinajstić information content (AvgIpc) is 2.98. The molecule has 1 amide bonds. The standard InChI is InChI=1S/C18H18BrN3O/c19-16-9-4-3-8-15(16)18(23)21-11-5-10-20-17-14-7-2-1-6-13(14)12-22-17/h1-4,6-9H,5,10-12H2,(H,20,22)(H,21,23). The van der Waals surface area contributed by atoms with Crippen LogP contribution in [-0.2, 0) is 6.54 Å². The lowest BCUT2D eigenvalue weighted by Crippen LogP contribution is -2.30. The Hall–Kier alpha value is -2.14. The van der Waals surface area contributed by atoms with Crippen LogP contribution in [0.1, 0.15) is 27.9 Å². The van der Waals surface area contributed by atoms with Crippen molar-refractivity contribution in [3.63, 3.8) is 0 Å². The predicted octanol–water partition coefficient (Wildman–Crippen LogP) is 3.12. The fourth-order valence-electron chi connectivity index (χ4n) is 2.53. The molecule has 0 saturated carbocycles. The quantitative estimate of drug-likeness (QED) is 0.793. The molecule has 4 nitrogen and oxygen atoms in total. The van der Waals surface area contributed by atoms with Gasteiger partial charge in [-0.2, -0.15) is 0 Å². The number of halogens is 1. The third-order valence-electron chi connectivity index (χ3n) is 3.73. The van der Waals surface area contributed by atoms with Crippen LogP contribution in [0.3, 0.4) is 0 Å². The summed E-state index contributed by atoms with van der Waals surface area (Å²) >= 11 is 3.39. The van der Waals surface area contributed by atoms with Gasteiger partial charge in [-0.25, -0.2) is 0 Å². The van der Waals surface area contributed by atoms with Gasteiger partial charge in [-0.15, -0.1) is 0 Å². The molecule has 2 aromatic carbocycles.